The van der Waals surface area contributed by atoms with Crippen molar-refractivity contribution in [2.45, 2.75) is 13.3 Å². The average Bonchev–Trinajstić information content (AvgIpc) is 2.78. The van der Waals surface area contributed by atoms with Gasteiger partial charge in [0.15, 0.2) is 0 Å². The summed E-state index contributed by atoms with van der Waals surface area (Å²) in [5.41, 5.74) is 4.21. The van der Waals surface area contributed by atoms with Gasteiger partial charge in [0.2, 0.25) is 0 Å². The van der Waals surface area contributed by atoms with Crippen LogP contribution in [0.3, 0.4) is 0 Å². The third-order valence-electron chi connectivity index (χ3n) is 3.21. The number of nitrogens with zero attached hydrogens (tertiary/aromatic N) is 2. The monoisotopic (exact) mass is 354 g/mol. The molecular weight excluding hydrogens is 341 g/mol. The van der Waals surface area contributed by atoms with Crippen LogP contribution in [0.15, 0.2) is 42.6 Å². The van der Waals surface area contributed by atoms with Gasteiger partial charge in [-0.15, -0.1) is 0 Å². The molecule has 0 unspecified atom stereocenters. The molecule has 0 spiro atoms. The second-order valence-electron chi connectivity index (χ2n) is 4.70. The van der Waals surface area contributed by atoms with Crippen LogP contribution in [0.2, 0.25) is 0 Å². The van der Waals surface area contributed by atoms with E-state index in [1.165, 1.54) is 0 Å². The molecule has 2 heterocycles. The van der Waals surface area contributed by atoms with Gasteiger partial charge in [-0.05, 0) is 6.92 Å². The Bertz CT molecular complexity index is 779. The van der Waals surface area contributed by atoms with Crippen LogP contribution in [0, 0.1) is 13.0 Å². The van der Waals surface area contributed by atoms with Gasteiger partial charge in [-0.1, -0.05) is 36.0 Å². The van der Waals surface area contributed by atoms with E-state index in [0.717, 1.165) is 16.8 Å². The molecule has 5 heteroatoms. The number of carbonyl (C=O) groups is 1. The first-order valence-corrected chi connectivity index (χ1v) is 6.31. The number of aryl methyl sites for hydroxylation is 1. The van der Waals surface area contributed by atoms with Crippen molar-refractivity contribution in [2.24, 2.45) is 0 Å². The van der Waals surface area contributed by atoms with Crippen molar-refractivity contribution in [1.82, 2.24) is 9.38 Å². The van der Waals surface area contributed by atoms with Gasteiger partial charge in [0.05, 0.1) is 23.5 Å². The third kappa shape index (κ3) is 3.22. The van der Waals surface area contributed by atoms with Crippen LogP contribution in [0.4, 0.5) is 0 Å². The molecular formula is C16H13N2O2Y+2. The summed E-state index contributed by atoms with van der Waals surface area (Å²) < 4.78 is 1.78. The summed E-state index contributed by atoms with van der Waals surface area (Å²) in [7, 11) is 0. The Morgan fingerprint density at radius 2 is 2.00 bits per heavy atom. The summed E-state index contributed by atoms with van der Waals surface area (Å²) in [6, 6.07) is 14.5. The van der Waals surface area contributed by atoms with Gasteiger partial charge in [-0.25, -0.2) is 17.1 Å². The van der Waals surface area contributed by atoms with E-state index in [2.05, 4.69) is 11.1 Å². The zero-order valence-electron chi connectivity index (χ0n) is 11.6. The van der Waals surface area contributed by atoms with Crippen LogP contribution < -0.4 is 0 Å². The van der Waals surface area contributed by atoms with Crippen LogP contribution in [-0.2, 0) is 43.9 Å². The molecule has 3 aromatic rings. The van der Waals surface area contributed by atoms with E-state index in [1.807, 2.05) is 37.3 Å². The molecule has 0 saturated carbocycles. The number of hydrogen-bond acceptors (Lipinski definition) is 2. The number of benzene rings is 1. The van der Waals surface area contributed by atoms with Crippen molar-refractivity contribution < 1.29 is 42.6 Å². The van der Waals surface area contributed by atoms with Crippen LogP contribution in [0.1, 0.15) is 11.3 Å². The van der Waals surface area contributed by atoms with Gasteiger partial charge in [-0.3, -0.25) is 4.79 Å². The minimum Gasteiger partial charge on any atom is -0.481 e. The maximum atomic E-state index is 11.1. The predicted octanol–water partition coefficient (Wildman–Crippen LogP) is 2.73. The van der Waals surface area contributed by atoms with Gasteiger partial charge in [0.1, 0.15) is 0 Å². The second-order valence-corrected chi connectivity index (χ2v) is 4.70. The summed E-state index contributed by atoms with van der Waals surface area (Å²) in [4.78, 5) is 15.6. The molecule has 0 aliphatic carbocycles. The first kappa shape index (κ1) is 15.9. The first-order valence-electron chi connectivity index (χ1n) is 6.31. The number of fused-ring (bicyclic) bond motifs is 1. The van der Waals surface area contributed by atoms with E-state index in [1.54, 1.807) is 16.7 Å². The van der Waals surface area contributed by atoms with Crippen LogP contribution in [0.5, 0.6) is 0 Å². The fourth-order valence-corrected chi connectivity index (χ4v) is 2.24. The summed E-state index contributed by atoms with van der Waals surface area (Å²) in [6.07, 6.45) is 1.65. The van der Waals surface area contributed by atoms with E-state index in [0.29, 0.717) is 11.4 Å². The number of aliphatic carboxylic acids is 1. The molecule has 1 N–H and O–H groups in total. The van der Waals surface area contributed by atoms with Gasteiger partial charge >= 0.3 is 38.7 Å². The van der Waals surface area contributed by atoms with Crippen molar-refractivity contribution in [1.29, 1.82) is 0 Å². The number of imidazole rings is 1. The van der Waals surface area contributed by atoms with E-state index >= 15 is 0 Å². The first-order chi connectivity index (χ1) is 9.65. The minimum absolute atomic E-state index is 0. The van der Waals surface area contributed by atoms with Crippen molar-refractivity contribution in [2.75, 3.05) is 0 Å². The molecule has 4 nitrogen and oxygen atoms in total. The number of carboxylic acid groups (broad SMARTS) is 1. The zero-order valence-corrected chi connectivity index (χ0v) is 14.4. The molecule has 0 radical (unpaired) electrons. The molecule has 0 fully saturated rings. The summed E-state index contributed by atoms with van der Waals surface area (Å²) >= 11 is 0. The Labute approximate surface area is 147 Å². The molecule has 0 bridgehead atoms. The maximum Gasteiger partial charge on any atom is 3.00 e. The van der Waals surface area contributed by atoms with Gasteiger partial charge in [0, 0.05) is 5.56 Å². The normalized spacial score (nSPS) is 10.3. The largest absolute Gasteiger partial charge is 3.00 e. The Morgan fingerprint density at radius 3 is 2.67 bits per heavy atom. The van der Waals surface area contributed by atoms with Gasteiger partial charge in [-0.2, -0.15) is 6.07 Å². The van der Waals surface area contributed by atoms with Crippen LogP contribution in [-0.4, -0.2) is 20.5 Å². The Balaban J connectivity index is 0.00000161. The SMILES string of the molecule is Cc1ccc(-c2nc3cc[c-]cn3c2CC(=O)O)cc1.[Y+3]. The number of pyridine rings is 1. The number of rotatable bonds is 3. The summed E-state index contributed by atoms with van der Waals surface area (Å²) in [5, 5.41) is 9.11. The molecule has 100 valence electrons. The topological polar surface area (TPSA) is 54.6 Å². The molecule has 2 aromatic heterocycles. The average molecular weight is 354 g/mol. The number of carboxylic acids is 1. The summed E-state index contributed by atoms with van der Waals surface area (Å²) in [5.74, 6) is -0.871. The van der Waals surface area contributed by atoms with Crippen molar-refractivity contribution in [3.63, 3.8) is 0 Å². The predicted molar refractivity (Wildman–Crippen MR) is 75.5 cm³/mol. The number of hydrogen-bond donors (Lipinski definition) is 1. The quantitative estimate of drug-likeness (QED) is 0.736. The molecule has 0 saturated heterocycles. The van der Waals surface area contributed by atoms with Crippen molar-refractivity contribution in [3.8, 4) is 11.3 Å². The standard InChI is InChI=1S/C16H13N2O2.Y/c1-11-5-7-12(8-6-11)16-13(10-15(19)20)18-9-3-2-4-14(18)17-16;/h2,4-9H,10H2,1H3,(H,19,20);/q-1;+3. The Morgan fingerprint density at radius 1 is 1.29 bits per heavy atom. The molecule has 0 atom stereocenters. The number of aromatic nitrogens is 2. The van der Waals surface area contributed by atoms with Gasteiger partial charge < -0.3 is 9.51 Å². The van der Waals surface area contributed by atoms with Gasteiger partial charge in [0.25, 0.3) is 0 Å². The van der Waals surface area contributed by atoms with E-state index in [9.17, 15) is 4.79 Å². The van der Waals surface area contributed by atoms with E-state index in [-0.39, 0.29) is 39.1 Å². The zero-order chi connectivity index (χ0) is 14.1. The molecule has 1 aromatic carbocycles. The molecule has 21 heavy (non-hydrogen) atoms. The Kier molecular flexibility index (Phi) is 4.91. The third-order valence-corrected chi connectivity index (χ3v) is 3.21. The fraction of sp³-hybridized carbons (Fsp3) is 0.125. The van der Waals surface area contributed by atoms with E-state index in [4.69, 9.17) is 5.11 Å². The molecule has 0 amide bonds. The Hall–Kier alpha value is -1.52. The van der Waals surface area contributed by atoms with Crippen molar-refractivity contribution in [3.05, 3.63) is 59.9 Å². The smallest absolute Gasteiger partial charge is 0.481 e. The van der Waals surface area contributed by atoms with E-state index < -0.39 is 5.97 Å². The summed E-state index contributed by atoms with van der Waals surface area (Å²) in [6.45, 7) is 2.01. The second kappa shape index (κ2) is 6.50. The molecule has 3 rings (SSSR count). The molecule has 0 aliphatic rings. The van der Waals surface area contributed by atoms with Crippen LogP contribution >= 0.6 is 0 Å². The molecule has 0 aliphatic heterocycles. The minimum atomic E-state index is -0.871. The van der Waals surface area contributed by atoms with Crippen molar-refractivity contribution >= 4 is 11.6 Å². The fourth-order valence-electron chi connectivity index (χ4n) is 2.24. The maximum absolute atomic E-state index is 11.1. The van der Waals surface area contributed by atoms with Crippen LogP contribution in [0.25, 0.3) is 16.9 Å².